The van der Waals surface area contributed by atoms with Gasteiger partial charge in [0.15, 0.2) is 5.96 Å². The molecule has 178 valence electrons. The zero-order valence-electron chi connectivity index (χ0n) is 18.9. The van der Waals surface area contributed by atoms with E-state index in [0.717, 1.165) is 39.3 Å². The molecule has 0 spiro atoms. The van der Waals surface area contributed by atoms with Gasteiger partial charge in [-0.25, -0.2) is 4.99 Å². The number of piperazine rings is 1. The van der Waals surface area contributed by atoms with Crippen LogP contribution in [-0.2, 0) is 6.54 Å². The normalized spacial score (nSPS) is 16.5. The van der Waals surface area contributed by atoms with Crippen LogP contribution in [0.5, 0.6) is 11.5 Å². The lowest BCUT2D eigenvalue weighted by molar-refractivity contribution is -0.0504. The van der Waals surface area contributed by atoms with Gasteiger partial charge in [-0.1, -0.05) is 6.92 Å². The molecule has 0 amide bonds. The highest BCUT2D eigenvalue weighted by atomic mass is 127. The van der Waals surface area contributed by atoms with Gasteiger partial charge >= 0.3 is 6.61 Å². The predicted octanol–water partition coefficient (Wildman–Crippen LogP) is 2.85. The molecule has 1 aromatic carbocycles. The van der Waals surface area contributed by atoms with Gasteiger partial charge in [0.05, 0.1) is 13.7 Å². The summed E-state index contributed by atoms with van der Waals surface area (Å²) in [7, 11) is 3.69. The third kappa shape index (κ3) is 10.2. The van der Waals surface area contributed by atoms with E-state index in [0.29, 0.717) is 29.7 Å². The number of halogens is 3. The van der Waals surface area contributed by atoms with Crippen molar-refractivity contribution in [1.82, 2.24) is 20.4 Å². The van der Waals surface area contributed by atoms with E-state index in [9.17, 15) is 8.78 Å². The fraction of sp³-hybridized carbons (Fsp3) is 0.667. The first-order valence-electron chi connectivity index (χ1n) is 10.5. The molecule has 2 N–H and O–H groups in total. The van der Waals surface area contributed by atoms with Crippen LogP contribution < -0.4 is 20.1 Å². The van der Waals surface area contributed by atoms with Crippen molar-refractivity contribution in [2.75, 3.05) is 60.0 Å². The van der Waals surface area contributed by atoms with Crippen molar-refractivity contribution in [2.24, 2.45) is 10.9 Å². The lowest BCUT2D eigenvalue weighted by atomic mass is 10.1. The molecule has 1 aliphatic rings. The standard InChI is InChI=1S/C21H35F2N5O2.HI/c1-5-24-21(25-13-16(2)15-28-10-8-27(3)9-11-28)26-14-17-12-18(29-4)6-7-19(17)30-20(22)23;/h6-7,12,16,20H,5,8-11,13-15H2,1-4H3,(H2,24,25,26);1H. The number of aliphatic imine (C=N–C) groups is 1. The minimum absolute atomic E-state index is 0. The number of nitrogens with one attached hydrogen (secondary N) is 2. The van der Waals surface area contributed by atoms with Crippen molar-refractivity contribution >= 4 is 29.9 Å². The van der Waals surface area contributed by atoms with Crippen LogP contribution in [0.25, 0.3) is 0 Å². The Balaban J connectivity index is 0.00000480. The van der Waals surface area contributed by atoms with Crippen LogP contribution in [0, 0.1) is 5.92 Å². The Kier molecular flexibility index (Phi) is 13.0. The van der Waals surface area contributed by atoms with E-state index < -0.39 is 6.61 Å². The van der Waals surface area contributed by atoms with Crippen LogP contribution in [0.1, 0.15) is 19.4 Å². The highest BCUT2D eigenvalue weighted by Gasteiger charge is 2.16. The number of nitrogens with zero attached hydrogens (tertiary/aromatic N) is 3. The summed E-state index contributed by atoms with van der Waals surface area (Å²) in [5, 5.41) is 6.56. The maximum Gasteiger partial charge on any atom is 0.387 e. The molecular weight excluding hydrogens is 519 g/mol. The Labute approximate surface area is 201 Å². The predicted molar refractivity (Wildman–Crippen MR) is 131 cm³/mol. The number of hydrogen-bond donors (Lipinski definition) is 2. The number of methoxy groups -OCH3 is 1. The van der Waals surface area contributed by atoms with Crippen LogP contribution in [0.2, 0.25) is 0 Å². The molecule has 1 saturated heterocycles. The van der Waals surface area contributed by atoms with Gasteiger partial charge in [-0.05, 0) is 38.1 Å². The maximum absolute atomic E-state index is 12.7. The van der Waals surface area contributed by atoms with Gasteiger partial charge in [-0.15, -0.1) is 24.0 Å². The number of alkyl halides is 2. The Bertz CT molecular complexity index is 673. The Morgan fingerprint density at radius 1 is 1.19 bits per heavy atom. The highest BCUT2D eigenvalue weighted by Crippen LogP contribution is 2.26. The minimum atomic E-state index is -2.89. The van der Waals surface area contributed by atoms with Crippen LogP contribution in [0.15, 0.2) is 23.2 Å². The number of hydrogen-bond acceptors (Lipinski definition) is 5. The molecular formula is C21H36F2IN5O2. The van der Waals surface area contributed by atoms with Crippen LogP contribution in [0.3, 0.4) is 0 Å². The van der Waals surface area contributed by atoms with E-state index in [1.54, 1.807) is 12.1 Å². The molecule has 1 aliphatic heterocycles. The second-order valence-corrected chi connectivity index (χ2v) is 7.64. The van der Waals surface area contributed by atoms with E-state index >= 15 is 0 Å². The Morgan fingerprint density at radius 2 is 1.90 bits per heavy atom. The molecule has 0 saturated carbocycles. The monoisotopic (exact) mass is 555 g/mol. The molecule has 0 aromatic heterocycles. The van der Waals surface area contributed by atoms with Gasteiger partial charge in [0.2, 0.25) is 0 Å². The fourth-order valence-electron chi connectivity index (χ4n) is 3.33. The average Bonchev–Trinajstić information content (AvgIpc) is 2.72. The molecule has 0 bridgehead atoms. The van der Waals surface area contributed by atoms with Crippen LogP contribution >= 0.6 is 24.0 Å². The molecule has 10 heteroatoms. The molecule has 0 aliphatic carbocycles. The maximum atomic E-state index is 12.7. The second kappa shape index (κ2) is 14.6. The van der Waals surface area contributed by atoms with Crippen molar-refractivity contribution in [3.05, 3.63) is 23.8 Å². The first-order valence-corrected chi connectivity index (χ1v) is 10.5. The lowest BCUT2D eigenvalue weighted by Gasteiger charge is -2.34. The first-order chi connectivity index (χ1) is 14.4. The SMILES string of the molecule is CCNC(=NCc1cc(OC)ccc1OC(F)F)NCC(C)CN1CCN(C)CC1.I. The molecule has 1 unspecified atom stereocenters. The Morgan fingerprint density at radius 3 is 2.52 bits per heavy atom. The highest BCUT2D eigenvalue weighted by molar-refractivity contribution is 14.0. The zero-order valence-corrected chi connectivity index (χ0v) is 21.2. The third-order valence-corrected chi connectivity index (χ3v) is 5.02. The summed E-state index contributed by atoms with van der Waals surface area (Å²) in [5.74, 6) is 1.77. The van der Waals surface area contributed by atoms with E-state index in [-0.39, 0.29) is 36.3 Å². The van der Waals surface area contributed by atoms with Gasteiger partial charge in [0.1, 0.15) is 11.5 Å². The van der Waals surface area contributed by atoms with Gasteiger partial charge in [-0.2, -0.15) is 8.78 Å². The minimum Gasteiger partial charge on any atom is -0.497 e. The Hall–Kier alpha value is -1.40. The number of guanidine groups is 1. The number of rotatable bonds is 10. The molecule has 0 radical (unpaired) electrons. The van der Waals surface area contributed by atoms with Crippen molar-refractivity contribution < 1.29 is 18.3 Å². The molecule has 1 aromatic rings. The van der Waals surface area contributed by atoms with Crippen LogP contribution in [-0.4, -0.2) is 82.3 Å². The summed E-state index contributed by atoms with van der Waals surface area (Å²) >= 11 is 0. The van der Waals surface area contributed by atoms with E-state index in [4.69, 9.17) is 4.74 Å². The first kappa shape index (κ1) is 27.6. The largest absolute Gasteiger partial charge is 0.497 e. The quantitative estimate of drug-likeness (QED) is 0.263. The van der Waals surface area contributed by atoms with Gasteiger partial charge in [0, 0.05) is 51.4 Å². The third-order valence-electron chi connectivity index (χ3n) is 5.02. The molecule has 1 fully saturated rings. The van der Waals surface area contributed by atoms with Crippen molar-refractivity contribution in [1.29, 1.82) is 0 Å². The van der Waals surface area contributed by atoms with Crippen molar-refractivity contribution in [3.8, 4) is 11.5 Å². The second-order valence-electron chi connectivity index (χ2n) is 7.64. The fourth-order valence-corrected chi connectivity index (χ4v) is 3.33. The van der Waals surface area contributed by atoms with Crippen molar-refractivity contribution in [2.45, 2.75) is 27.0 Å². The van der Waals surface area contributed by atoms with Gasteiger partial charge in [-0.3, -0.25) is 0 Å². The summed E-state index contributed by atoms with van der Waals surface area (Å²) in [6.45, 7) is 8.42. The van der Waals surface area contributed by atoms with E-state index in [2.05, 4.69) is 44.1 Å². The summed E-state index contributed by atoms with van der Waals surface area (Å²) in [6, 6.07) is 4.74. The summed E-state index contributed by atoms with van der Waals surface area (Å²) in [6.07, 6.45) is 0. The number of benzene rings is 1. The van der Waals surface area contributed by atoms with Crippen LogP contribution in [0.4, 0.5) is 8.78 Å². The molecule has 2 rings (SSSR count). The van der Waals surface area contributed by atoms with E-state index in [1.807, 2.05) is 6.92 Å². The smallest absolute Gasteiger partial charge is 0.387 e. The molecule has 1 atom stereocenters. The molecule has 7 nitrogen and oxygen atoms in total. The lowest BCUT2D eigenvalue weighted by Crippen LogP contribution is -2.47. The molecule has 1 heterocycles. The summed E-state index contributed by atoms with van der Waals surface area (Å²) < 4.78 is 35.2. The average molecular weight is 555 g/mol. The van der Waals surface area contributed by atoms with Gasteiger partial charge < -0.3 is 29.9 Å². The summed E-state index contributed by atoms with van der Waals surface area (Å²) in [5.41, 5.74) is 0.539. The van der Waals surface area contributed by atoms with E-state index in [1.165, 1.54) is 13.2 Å². The molecule has 31 heavy (non-hydrogen) atoms. The van der Waals surface area contributed by atoms with Gasteiger partial charge in [0.25, 0.3) is 0 Å². The topological polar surface area (TPSA) is 61.4 Å². The summed E-state index contributed by atoms with van der Waals surface area (Å²) in [4.78, 5) is 9.38. The number of likely N-dealkylation sites (N-methyl/N-ethyl adjacent to an activating group) is 1. The zero-order chi connectivity index (χ0) is 21.9. The van der Waals surface area contributed by atoms with Crippen molar-refractivity contribution in [3.63, 3.8) is 0 Å². The number of ether oxygens (including phenoxy) is 2.